The molecule has 3 rings (SSSR count). The van der Waals surface area contributed by atoms with Crippen LogP contribution in [0.15, 0.2) is 84.9 Å². The molecule has 118 valence electrons. The molecule has 0 heterocycles. The van der Waals surface area contributed by atoms with Crippen molar-refractivity contribution < 1.29 is 14.7 Å². The average Bonchev–Trinajstić information content (AvgIpc) is 2.64. The molecule has 0 bridgehead atoms. The van der Waals surface area contributed by atoms with Crippen LogP contribution in [-0.4, -0.2) is 11.6 Å². The molecule has 0 N–H and O–H groups in total. The Bertz CT molecular complexity index is 855. The number of para-hydroxylation sites is 1. The number of ketones is 2. The third-order valence-corrected chi connectivity index (χ3v) is 3.87. The van der Waals surface area contributed by atoms with Crippen molar-refractivity contribution in [3.8, 4) is 5.75 Å². The second-order valence-electron chi connectivity index (χ2n) is 5.43. The summed E-state index contributed by atoms with van der Waals surface area (Å²) in [5.41, 5.74) is 1.07. The highest BCUT2D eigenvalue weighted by atomic mass is 16.3. The fraction of sp³-hybridized carbons (Fsp3) is 0.0476. The van der Waals surface area contributed by atoms with E-state index in [4.69, 9.17) is 0 Å². The Balaban J connectivity index is 2.08. The molecule has 0 amide bonds. The maximum atomic E-state index is 13.0. The smallest absolute Gasteiger partial charge is 0.178 e. The average molecular weight is 315 g/mol. The number of Topliss-reactive ketones (excluding diaryl/α,β-unsaturated/α-hetero) is 2. The first kappa shape index (κ1) is 15.7. The van der Waals surface area contributed by atoms with Crippen molar-refractivity contribution in [3.05, 3.63) is 102 Å². The van der Waals surface area contributed by atoms with Crippen LogP contribution in [0.25, 0.3) is 0 Å². The van der Waals surface area contributed by atoms with E-state index in [1.807, 2.05) is 12.1 Å². The van der Waals surface area contributed by atoms with Gasteiger partial charge in [0, 0.05) is 11.1 Å². The summed E-state index contributed by atoms with van der Waals surface area (Å²) in [6.45, 7) is 0. The molecular formula is C21H15O3-. The minimum absolute atomic E-state index is 0.0376. The van der Waals surface area contributed by atoms with Crippen LogP contribution in [-0.2, 0) is 0 Å². The Hall–Kier alpha value is -3.20. The number of rotatable bonds is 5. The van der Waals surface area contributed by atoms with E-state index in [-0.39, 0.29) is 17.1 Å². The van der Waals surface area contributed by atoms with E-state index in [9.17, 15) is 14.7 Å². The summed E-state index contributed by atoms with van der Waals surface area (Å²) in [5, 5.41) is 12.0. The van der Waals surface area contributed by atoms with Gasteiger partial charge in [-0.2, -0.15) is 0 Å². The third kappa shape index (κ3) is 3.10. The quantitative estimate of drug-likeness (QED) is 0.534. The third-order valence-electron chi connectivity index (χ3n) is 3.87. The van der Waals surface area contributed by atoms with Crippen molar-refractivity contribution in [1.29, 1.82) is 0 Å². The van der Waals surface area contributed by atoms with E-state index in [1.54, 1.807) is 60.7 Å². The van der Waals surface area contributed by atoms with E-state index in [0.29, 0.717) is 11.1 Å². The summed E-state index contributed by atoms with van der Waals surface area (Å²) >= 11 is 0. The molecule has 0 aliphatic carbocycles. The second kappa shape index (κ2) is 6.92. The Morgan fingerprint density at radius 3 is 1.83 bits per heavy atom. The molecule has 24 heavy (non-hydrogen) atoms. The summed E-state index contributed by atoms with van der Waals surface area (Å²) in [4.78, 5) is 25.9. The van der Waals surface area contributed by atoms with Crippen molar-refractivity contribution in [2.24, 2.45) is 0 Å². The molecule has 1 unspecified atom stereocenters. The topological polar surface area (TPSA) is 57.2 Å². The summed E-state index contributed by atoms with van der Waals surface area (Å²) in [6.07, 6.45) is 0. The highest BCUT2D eigenvalue weighted by Crippen LogP contribution is 2.28. The van der Waals surface area contributed by atoms with Crippen LogP contribution >= 0.6 is 0 Å². The van der Waals surface area contributed by atoms with Gasteiger partial charge in [0.15, 0.2) is 11.6 Å². The maximum Gasteiger partial charge on any atom is 0.178 e. The molecule has 0 radical (unpaired) electrons. The SMILES string of the molecule is O=C(c1ccccc1)C(C(=O)c1ccccc1[O-])c1ccccc1. The lowest BCUT2D eigenvalue weighted by Crippen LogP contribution is -2.23. The van der Waals surface area contributed by atoms with Crippen LogP contribution in [0.3, 0.4) is 0 Å². The molecular weight excluding hydrogens is 300 g/mol. The molecule has 3 nitrogen and oxygen atoms in total. The van der Waals surface area contributed by atoms with E-state index >= 15 is 0 Å². The summed E-state index contributed by atoms with van der Waals surface area (Å²) < 4.78 is 0. The van der Waals surface area contributed by atoms with Gasteiger partial charge in [-0.25, -0.2) is 0 Å². The molecule has 0 saturated heterocycles. The van der Waals surface area contributed by atoms with Crippen LogP contribution in [0.1, 0.15) is 32.2 Å². The molecule has 1 atom stereocenters. The predicted octanol–water partition coefficient (Wildman–Crippen LogP) is 3.61. The summed E-state index contributed by atoms with van der Waals surface area (Å²) in [7, 11) is 0. The van der Waals surface area contributed by atoms with Crippen LogP contribution < -0.4 is 5.11 Å². The van der Waals surface area contributed by atoms with E-state index in [2.05, 4.69) is 0 Å². The fourth-order valence-electron chi connectivity index (χ4n) is 2.66. The molecule has 0 spiro atoms. The molecule has 0 aliphatic heterocycles. The van der Waals surface area contributed by atoms with Crippen molar-refractivity contribution in [2.75, 3.05) is 0 Å². The second-order valence-corrected chi connectivity index (χ2v) is 5.43. The molecule has 0 aromatic heterocycles. The highest BCUT2D eigenvalue weighted by Gasteiger charge is 2.30. The Morgan fingerprint density at radius 2 is 1.21 bits per heavy atom. The van der Waals surface area contributed by atoms with Crippen molar-refractivity contribution >= 4 is 11.6 Å². The first-order valence-corrected chi connectivity index (χ1v) is 7.63. The van der Waals surface area contributed by atoms with E-state index < -0.39 is 11.7 Å². The lowest BCUT2D eigenvalue weighted by atomic mass is 9.84. The van der Waals surface area contributed by atoms with Crippen LogP contribution in [0.5, 0.6) is 5.75 Å². The minimum atomic E-state index is -1.02. The van der Waals surface area contributed by atoms with Gasteiger partial charge in [0.25, 0.3) is 0 Å². The maximum absolute atomic E-state index is 13.0. The summed E-state index contributed by atoms with van der Waals surface area (Å²) in [6, 6.07) is 23.5. The summed E-state index contributed by atoms with van der Waals surface area (Å²) in [5.74, 6) is -2.18. The lowest BCUT2D eigenvalue weighted by molar-refractivity contribution is -0.268. The van der Waals surface area contributed by atoms with Gasteiger partial charge in [0.2, 0.25) is 0 Å². The van der Waals surface area contributed by atoms with Gasteiger partial charge in [-0.05, 0) is 5.56 Å². The predicted molar refractivity (Wildman–Crippen MR) is 90.2 cm³/mol. The number of carbonyl (C=O) groups is 2. The zero-order valence-electron chi connectivity index (χ0n) is 12.9. The molecule has 0 saturated carbocycles. The molecule has 3 aromatic carbocycles. The zero-order chi connectivity index (χ0) is 16.9. The van der Waals surface area contributed by atoms with E-state index in [0.717, 1.165) is 0 Å². The zero-order valence-corrected chi connectivity index (χ0v) is 12.9. The number of carbonyl (C=O) groups excluding carboxylic acids is 2. The fourth-order valence-corrected chi connectivity index (χ4v) is 2.66. The number of hydrogen-bond donors (Lipinski definition) is 0. The Labute approximate surface area is 140 Å². The molecule has 3 heteroatoms. The lowest BCUT2D eigenvalue weighted by Gasteiger charge is -2.19. The van der Waals surface area contributed by atoms with Crippen molar-refractivity contribution in [3.63, 3.8) is 0 Å². The standard InChI is InChI=1S/C21H16O3/c22-18-14-8-7-13-17(18)21(24)19(15-9-3-1-4-10-15)20(23)16-11-5-2-6-12-16/h1-14,19,22H/p-1. The Morgan fingerprint density at radius 1 is 0.667 bits per heavy atom. The van der Waals surface area contributed by atoms with Gasteiger partial charge in [-0.15, -0.1) is 0 Å². The Kier molecular flexibility index (Phi) is 4.52. The van der Waals surface area contributed by atoms with Crippen LogP contribution in [0, 0.1) is 0 Å². The first-order valence-electron chi connectivity index (χ1n) is 7.63. The van der Waals surface area contributed by atoms with Gasteiger partial charge in [-0.3, -0.25) is 9.59 Å². The van der Waals surface area contributed by atoms with Crippen molar-refractivity contribution in [2.45, 2.75) is 5.92 Å². The highest BCUT2D eigenvalue weighted by molar-refractivity contribution is 6.20. The number of hydrogen-bond acceptors (Lipinski definition) is 3. The molecule has 3 aromatic rings. The minimum Gasteiger partial charge on any atom is -0.872 e. The normalized spacial score (nSPS) is 11.7. The first-order chi connectivity index (χ1) is 11.7. The molecule has 0 aliphatic rings. The molecule has 0 fully saturated rings. The van der Waals surface area contributed by atoms with Gasteiger partial charge in [0.1, 0.15) is 5.92 Å². The monoisotopic (exact) mass is 315 g/mol. The van der Waals surface area contributed by atoms with Crippen LogP contribution in [0.2, 0.25) is 0 Å². The van der Waals surface area contributed by atoms with Crippen molar-refractivity contribution in [1.82, 2.24) is 0 Å². The van der Waals surface area contributed by atoms with Crippen LogP contribution in [0.4, 0.5) is 0 Å². The van der Waals surface area contributed by atoms with Gasteiger partial charge < -0.3 is 5.11 Å². The van der Waals surface area contributed by atoms with E-state index in [1.165, 1.54) is 12.1 Å². The largest absolute Gasteiger partial charge is 0.872 e. The van der Waals surface area contributed by atoms with Gasteiger partial charge in [0.05, 0.1) is 0 Å². The number of benzene rings is 3. The van der Waals surface area contributed by atoms with Gasteiger partial charge >= 0.3 is 0 Å². The van der Waals surface area contributed by atoms with Gasteiger partial charge in [-0.1, -0.05) is 90.7 Å².